The number of ether oxygens (including phenoxy) is 1. The molecule has 156 valence electrons. The first-order valence-electron chi connectivity index (χ1n) is 9.80. The maximum Gasteiger partial charge on any atom is 0.411 e. The number of nitrogens with one attached hydrogen (secondary N) is 2. The van der Waals surface area contributed by atoms with Crippen LogP contribution < -0.4 is 10.6 Å². The molecule has 2 unspecified atom stereocenters. The van der Waals surface area contributed by atoms with Crippen molar-refractivity contribution in [2.45, 2.75) is 44.5 Å². The fraction of sp³-hybridized carbons (Fsp3) is 0.318. The highest BCUT2D eigenvalue weighted by molar-refractivity contribution is 5.90. The van der Waals surface area contributed by atoms with Crippen molar-refractivity contribution in [2.24, 2.45) is 0 Å². The van der Waals surface area contributed by atoms with Gasteiger partial charge in [0.05, 0.1) is 6.54 Å². The van der Waals surface area contributed by atoms with Gasteiger partial charge in [0.15, 0.2) is 12.1 Å². The largest absolute Gasteiger partial charge is 0.438 e. The summed E-state index contributed by atoms with van der Waals surface area (Å²) in [6.45, 7) is 1.52. The first-order valence-corrected chi connectivity index (χ1v) is 9.80. The Kier molecular flexibility index (Phi) is 5.39. The first kappa shape index (κ1) is 19.9. The highest BCUT2D eigenvalue weighted by Gasteiger charge is 2.47. The predicted octanol–water partition coefficient (Wildman–Crippen LogP) is 3.12. The highest BCUT2D eigenvalue weighted by atomic mass is 19.1. The smallest absolute Gasteiger partial charge is 0.411 e. The normalized spacial score (nSPS) is 20.6. The molecule has 8 heteroatoms. The zero-order valence-corrected chi connectivity index (χ0v) is 16.4. The number of halogens is 1. The van der Waals surface area contributed by atoms with Crippen LogP contribution in [0.4, 0.5) is 14.9 Å². The second kappa shape index (κ2) is 8.14. The first-order chi connectivity index (χ1) is 14.4. The molecule has 7 nitrogen and oxygen atoms in total. The Morgan fingerprint density at radius 3 is 2.57 bits per heavy atom. The molecule has 0 radical (unpaired) electrons. The third-order valence-electron chi connectivity index (χ3n) is 5.08. The van der Waals surface area contributed by atoms with Gasteiger partial charge in [0, 0.05) is 18.7 Å². The third kappa shape index (κ3) is 4.42. The van der Waals surface area contributed by atoms with Crippen molar-refractivity contribution < 1.29 is 23.5 Å². The van der Waals surface area contributed by atoms with Crippen LogP contribution in [0.1, 0.15) is 37.0 Å². The topological polar surface area (TPSA) is 87.7 Å². The standard InChI is InChI=1S/C22H22FN3O4/c1-13(27)24-18-4-2-3-15(11-18)20-19(21(28)25-17-9-10-17)26(22(29)30-20)12-14-5-7-16(23)8-6-14/h2-8,11,17,19-20H,9-10,12H2,1H3,(H,24,27)(H,25,28). The Labute approximate surface area is 173 Å². The third-order valence-corrected chi connectivity index (χ3v) is 5.08. The molecule has 2 N–H and O–H groups in total. The Morgan fingerprint density at radius 2 is 1.90 bits per heavy atom. The van der Waals surface area contributed by atoms with Crippen molar-refractivity contribution >= 4 is 23.6 Å². The maximum absolute atomic E-state index is 13.2. The van der Waals surface area contributed by atoms with E-state index in [0.29, 0.717) is 16.8 Å². The maximum atomic E-state index is 13.2. The number of anilines is 1. The molecule has 2 aromatic carbocycles. The van der Waals surface area contributed by atoms with Crippen LogP contribution in [0, 0.1) is 5.82 Å². The molecular formula is C22H22FN3O4. The SMILES string of the molecule is CC(=O)Nc1cccc(C2OC(=O)N(Cc3ccc(F)cc3)C2C(=O)NC2CC2)c1. The summed E-state index contributed by atoms with van der Waals surface area (Å²) in [5.41, 5.74) is 1.84. The second-order valence-electron chi connectivity index (χ2n) is 7.59. The molecule has 1 aliphatic heterocycles. The van der Waals surface area contributed by atoms with Crippen LogP contribution in [0.5, 0.6) is 0 Å². The van der Waals surface area contributed by atoms with Gasteiger partial charge in [-0.2, -0.15) is 0 Å². The summed E-state index contributed by atoms with van der Waals surface area (Å²) in [5.74, 6) is -0.893. The number of hydrogen-bond acceptors (Lipinski definition) is 4. The summed E-state index contributed by atoms with van der Waals surface area (Å²) < 4.78 is 18.8. The fourth-order valence-corrected chi connectivity index (χ4v) is 3.51. The average Bonchev–Trinajstić information content (AvgIpc) is 3.45. The molecule has 2 aliphatic rings. The van der Waals surface area contributed by atoms with Crippen LogP contribution in [-0.2, 0) is 20.9 Å². The minimum absolute atomic E-state index is 0.115. The zero-order chi connectivity index (χ0) is 21.3. The molecule has 1 saturated carbocycles. The van der Waals surface area contributed by atoms with Gasteiger partial charge >= 0.3 is 6.09 Å². The van der Waals surface area contributed by atoms with E-state index in [1.807, 2.05) is 0 Å². The van der Waals surface area contributed by atoms with Crippen molar-refractivity contribution in [1.29, 1.82) is 0 Å². The van der Waals surface area contributed by atoms with Gasteiger partial charge in [-0.05, 0) is 48.2 Å². The quantitative estimate of drug-likeness (QED) is 0.765. The second-order valence-corrected chi connectivity index (χ2v) is 7.59. The summed E-state index contributed by atoms with van der Waals surface area (Å²) in [5, 5.41) is 5.64. The van der Waals surface area contributed by atoms with E-state index in [1.165, 1.54) is 24.0 Å². The lowest BCUT2D eigenvalue weighted by molar-refractivity contribution is -0.126. The summed E-state index contributed by atoms with van der Waals surface area (Å²) in [6, 6.07) is 11.9. The lowest BCUT2D eigenvalue weighted by atomic mass is 10.00. The molecule has 0 spiro atoms. The van der Waals surface area contributed by atoms with Crippen LogP contribution >= 0.6 is 0 Å². The van der Waals surface area contributed by atoms with E-state index in [0.717, 1.165) is 12.8 Å². The van der Waals surface area contributed by atoms with E-state index < -0.39 is 18.2 Å². The fourth-order valence-electron chi connectivity index (χ4n) is 3.51. The highest BCUT2D eigenvalue weighted by Crippen LogP contribution is 2.35. The van der Waals surface area contributed by atoms with Crippen molar-refractivity contribution in [2.75, 3.05) is 5.32 Å². The van der Waals surface area contributed by atoms with E-state index in [4.69, 9.17) is 4.74 Å². The zero-order valence-electron chi connectivity index (χ0n) is 16.4. The van der Waals surface area contributed by atoms with E-state index in [9.17, 15) is 18.8 Å². The summed E-state index contributed by atoms with van der Waals surface area (Å²) in [4.78, 5) is 38.5. The Balaban J connectivity index is 1.63. The van der Waals surface area contributed by atoms with Crippen LogP contribution in [0.15, 0.2) is 48.5 Å². The molecule has 3 amide bonds. The Bertz CT molecular complexity index is 975. The van der Waals surface area contributed by atoms with Gasteiger partial charge in [-0.25, -0.2) is 9.18 Å². The van der Waals surface area contributed by atoms with Crippen LogP contribution in [0.2, 0.25) is 0 Å². The molecule has 30 heavy (non-hydrogen) atoms. The number of carbonyl (C=O) groups excluding carboxylic acids is 3. The average molecular weight is 411 g/mol. The number of cyclic esters (lactones) is 1. The van der Waals surface area contributed by atoms with Crippen molar-refractivity contribution in [1.82, 2.24) is 10.2 Å². The van der Waals surface area contributed by atoms with Gasteiger partial charge in [0.1, 0.15) is 5.82 Å². The van der Waals surface area contributed by atoms with E-state index in [1.54, 1.807) is 36.4 Å². The number of benzene rings is 2. The van der Waals surface area contributed by atoms with E-state index >= 15 is 0 Å². The molecular weight excluding hydrogens is 389 g/mol. The van der Waals surface area contributed by atoms with Crippen molar-refractivity contribution in [3.63, 3.8) is 0 Å². The van der Waals surface area contributed by atoms with Crippen molar-refractivity contribution in [3.8, 4) is 0 Å². The van der Waals surface area contributed by atoms with E-state index in [2.05, 4.69) is 10.6 Å². The predicted molar refractivity (Wildman–Crippen MR) is 107 cm³/mol. The molecule has 1 aliphatic carbocycles. The lowest BCUT2D eigenvalue weighted by Gasteiger charge is -2.24. The van der Waals surface area contributed by atoms with Crippen LogP contribution in [-0.4, -0.2) is 34.9 Å². The van der Waals surface area contributed by atoms with Crippen LogP contribution in [0.25, 0.3) is 0 Å². The molecule has 0 bridgehead atoms. The minimum Gasteiger partial charge on any atom is -0.438 e. The molecule has 2 aromatic rings. The summed E-state index contributed by atoms with van der Waals surface area (Å²) in [7, 11) is 0. The summed E-state index contributed by atoms with van der Waals surface area (Å²) >= 11 is 0. The van der Waals surface area contributed by atoms with Gasteiger partial charge < -0.3 is 15.4 Å². The number of carbonyl (C=O) groups is 3. The van der Waals surface area contributed by atoms with Crippen LogP contribution in [0.3, 0.4) is 0 Å². The molecule has 1 heterocycles. The minimum atomic E-state index is -0.879. The number of rotatable bonds is 6. The number of hydrogen-bond donors (Lipinski definition) is 2. The van der Waals surface area contributed by atoms with Gasteiger partial charge in [-0.15, -0.1) is 0 Å². The molecule has 0 aromatic heterocycles. The van der Waals surface area contributed by atoms with E-state index in [-0.39, 0.29) is 30.2 Å². The summed E-state index contributed by atoms with van der Waals surface area (Å²) in [6.07, 6.45) is 0.373. The lowest BCUT2D eigenvalue weighted by Crippen LogP contribution is -2.46. The molecule has 4 rings (SSSR count). The Morgan fingerprint density at radius 1 is 1.17 bits per heavy atom. The number of nitrogens with zero attached hydrogens (tertiary/aromatic N) is 1. The van der Waals surface area contributed by atoms with Gasteiger partial charge in [0.25, 0.3) is 0 Å². The van der Waals surface area contributed by atoms with Gasteiger partial charge in [-0.1, -0.05) is 24.3 Å². The molecule has 1 saturated heterocycles. The molecule has 2 atom stereocenters. The monoisotopic (exact) mass is 411 g/mol. The Hall–Kier alpha value is -3.42. The van der Waals surface area contributed by atoms with Crippen molar-refractivity contribution in [3.05, 3.63) is 65.5 Å². The van der Waals surface area contributed by atoms with Gasteiger partial charge in [-0.3, -0.25) is 14.5 Å². The molecule has 2 fully saturated rings. The number of amides is 3. The van der Waals surface area contributed by atoms with Gasteiger partial charge in [0.2, 0.25) is 11.8 Å².